The third kappa shape index (κ3) is 3.75. The molecule has 0 saturated carbocycles. The molecule has 2 aromatic carbocycles. The third-order valence-corrected chi connectivity index (χ3v) is 3.83. The monoisotopic (exact) mass is 281 g/mol. The Morgan fingerprint density at radius 2 is 1.56 bits per heavy atom. The summed E-state index contributed by atoms with van der Waals surface area (Å²) in [7, 11) is -3.39. The van der Waals surface area contributed by atoms with E-state index in [1.165, 1.54) is 0 Å². The number of sulfonamides is 1. The average molecular weight is 282 g/mol. The van der Waals surface area contributed by atoms with Gasteiger partial charge in [0.2, 0.25) is 10.0 Å². The molecule has 0 aliphatic carbocycles. The van der Waals surface area contributed by atoms with E-state index in [1.54, 1.807) is 36.4 Å². The maximum Gasteiger partial charge on any atom is 0.236 e. The van der Waals surface area contributed by atoms with Gasteiger partial charge in [-0.25, -0.2) is 8.42 Å². The highest BCUT2D eigenvalue weighted by atomic mass is 35.5. The van der Waals surface area contributed by atoms with Crippen molar-refractivity contribution in [3.8, 4) is 0 Å². The molecular formula is C13H12ClNO2S. The number of nitrogens with one attached hydrogen (secondary N) is 1. The molecule has 0 aliphatic heterocycles. The van der Waals surface area contributed by atoms with Gasteiger partial charge in [0.1, 0.15) is 0 Å². The van der Waals surface area contributed by atoms with E-state index in [0.29, 0.717) is 10.7 Å². The quantitative estimate of drug-likeness (QED) is 0.935. The smallest absolute Gasteiger partial charge is 0.236 e. The topological polar surface area (TPSA) is 46.2 Å². The Kier molecular flexibility index (Phi) is 3.89. The molecule has 0 fully saturated rings. The van der Waals surface area contributed by atoms with Crippen molar-refractivity contribution in [2.75, 3.05) is 4.72 Å². The van der Waals surface area contributed by atoms with Gasteiger partial charge in [0.15, 0.2) is 0 Å². The van der Waals surface area contributed by atoms with Gasteiger partial charge in [-0.1, -0.05) is 41.9 Å². The molecule has 0 bridgehead atoms. The van der Waals surface area contributed by atoms with E-state index >= 15 is 0 Å². The van der Waals surface area contributed by atoms with E-state index in [1.807, 2.05) is 18.2 Å². The molecule has 0 spiro atoms. The summed E-state index contributed by atoms with van der Waals surface area (Å²) < 4.78 is 26.3. The standard InChI is InChI=1S/C13H12ClNO2S/c14-12-6-8-13(9-7-12)15-18(16,17)10-11-4-2-1-3-5-11/h1-9,15H,10H2. The number of hydrogen-bond donors (Lipinski definition) is 1. The first-order valence-electron chi connectivity index (χ1n) is 5.35. The van der Waals surface area contributed by atoms with Crippen LogP contribution in [0, 0.1) is 0 Å². The summed E-state index contributed by atoms with van der Waals surface area (Å²) in [5, 5.41) is 0.570. The number of anilines is 1. The lowest BCUT2D eigenvalue weighted by molar-refractivity contribution is 0.600. The molecule has 0 amide bonds. The number of hydrogen-bond acceptors (Lipinski definition) is 2. The summed E-state index contributed by atoms with van der Waals surface area (Å²) in [5.41, 5.74) is 1.26. The molecule has 2 aromatic rings. The van der Waals surface area contributed by atoms with Crippen LogP contribution in [0.25, 0.3) is 0 Å². The van der Waals surface area contributed by atoms with Gasteiger partial charge in [-0.2, -0.15) is 0 Å². The molecule has 0 atom stereocenters. The molecule has 0 saturated heterocycles. The van der Waals surface area contributed by atoms with Gasteiger partial charge in [-0.3, -0.25) is 4.72 Å². The van der Waals surface area contributed by atoms with E-state index < -0.39 is 10.0 Å². The normalized spacial score (nSPS) is 11.2. The largest absolute Gasteiger partial charge is 0.283 e. The lowest BCUT2D eigenvalue weighted by atomic mass is 10.2. The Hall–Kier alpha value is -1.52. The van der Waals surface area contributed by atoms with E-state index in [0.717, 1.165) is 5.56 Å². The molecular weight excluding hydrogens is 270 g/mol. The minimum atomic E-state index is -3.39. The van der Waals surface area contributed by atoms with Gasteiger partial charge in [0, 0.05) is 10.7 Å². The SMILES string of the molecule is O=S(=O)(Cc1ccccc1)Nc1ccc(Cl)cc1. The zero-order valence-electron chi connectivity index (χ0n) is 9.51. The molecule has 2 rings (SSSR count). The zero-order valence-corrected chi connectivity index (χ0v) is 11.1. The van der Waals surface area contributed by atoms with E-state index in [9.17, 15) is 8.42 Å². The van der Waals surface area contributed by atoms with Crippen molar-refractivity contribution in [1.82, 2.24) is 0 Å². The molecule has 0 unspecified atom stereocenters. The number of benzene rings is 2. The van der Waals surface area contributed by atoms with Gasteiger partial charge < -0.3 is 0 Å². The third-order valence-electron chi connectivity index (χ3n) is 2.32. The van der Waals surface area contributed by atoms with Crippen LogP contribution in [-0.2, 0) is 15.8 Å². The molecule has 0 radical (unpaired) electrons. The lowest BCUT2D eigenvalue weighted by Gasteiger charge is -2.08. The second kappa shape index (κ2) is 5.42. The van der Waals surface area contributed by atoms with Gasteiger partial charge in [0.05, 0.1) is 5.75 Å². The minimum absolute atomic E-state index is 0.0452. The van der Waals surface area contributed by atoms with Crippen LogP contribution in [0.3, 0.4) is 0 Å². The molecule has 3 nitrogen and oxygen atoms in total. The fourth-order valence-electron chi connectivity index (χ4n) is 1.53. The Labute approximate surface area is 111 Å². The van der Waals surface area contributed by atoms with E-state index in [-0.39, 0.29) is 5.75 Å². The molecule has 18 heavy (non-hydrogen) atoms. The maximum atomic E-state index is 11.9. The fraction of sp³-hybridized carbons (Fsp3) is 0.0769. The maximum absolute atomic E-state index is 11.9. The van der Waals surface area contributed by atoms with Crippen molar-refractivity contribution < 1.29 is 8.42 Å². The Balaban J connectivity index is 2.10. The van der Waals surface area contributed by atoms with Gasteiger partial charge >= 0.3 is 0 Å². The molecule has 0 aromatic heterocycles. The first-order chi connectivity index (χ1) is 8.55. The second-order valence-electron chi connectivity index (χ2n) is 3.85. The van der Waals surface area contributed by atoms with Crippen molar-refractivity contribution in [3.05, 3.63) is 65.2 Å². The fourth-order valence-corrected chi connectivity index (χ4v) is 2.85. The average Bonchev–Trinajstić information content (AvgIpc) is 2.32. The van der Waals surface area contributed by atoms with Crippen LogP contribution in [-0.4, -0.2) is 8.42 Å². The Morgan fingerprint density at radius 3 is 2.17 bits per heavy atom. The predicted octanol–water partition coefficient (Wildman–Crippen LogP) is 3.28. The van der Waals surface area contributed by atoms with Crippen LogP contribution in [0.4, 0.5) is 5.69 Å². The highest BCUT2D eigenvalue weighted by molar-refractivity contribution is 7.91. The summed E-state index contributed by atoms with van der Waals surface area (Å²) in [5.74, 6) is -0.0452. The van der Waals surface area contributed by atoms with E-state index in [4.69, 9.17) is 11.6 Å². The summed E-state index contributed by atoms with van der Waals surface area (Å²) in [6, 6.07) is 15.6. The highest BCUT2D eigenvalue weighted by Gasteiger charge is 2.11. The van der Waals surface area contributed by atoms with Gasteiger partial charge in [-0.15, -0.1) is 0 Å². The zero-order chi connectivity index (χ0) is 13.0. The first kappa shape index (κ1) is 12.9. The minimum Gasteiger partial charge on any atom is -0.283 e. The van der Waals surface area contributed by atoms with Gasteiger partial charge in [0.25, 0.3) is 0 Å². The summed E-state index contributed by atoms with van der Waals surface area (Å²) >= 11 is 5.74. The molecule has 1 N–H and O–H groups in total. The van der Waals surface area contributed by atoms with Crippen LogP contribution in [0.2, 0.25) is 5.02 Å². The van der Waals surface area contributed by atoms with Crippen LogP contribution in [0.1, 0.15) is 5.56 Å². The number of rotatable bonds is 4. The van der Waals surface area contributed by atoms with Crippen molar-refractivity contribution >= 4 is 27.3 Å². The first-order valence-corrected chi connectivity index (χ1v) is 7.38. The molecule has 5 heteroatoms. The van der Waals surface area contributed by atoms with Crippen LogP contribution < -0.4 is 4.72 Å². The Bertz CT molecular complexity index is 609. The van der Waals surface area contributed by atoms with Crippen molar-refractivity contribution in [2.45, 2.75) is 5.75 Å². The summed E-state index contributed by atoms with van der Waals surface area (Å²) in [4.78, 5) is 0. The Morgan fingerprint density at radius 1 is 0.944 bits per heavy atom. The molecule has 0 heterocycles. The number of halogens is 1. The van der Waals surface area contributed by atoms with Crippen molar-refractivity contribution in [1.29, 1.82) is 0 Å². The highest BCUT2D eigenvalue weighted by Crippen LogP contribution is 2.16. The van der Waals surface area contributed by atoms with Gasteiger partial charge in [-0.05, 0) is 29.8 Å². The van der Waals surface area contributed by atoms with Crippen molar-refractivity contribution in [3.63, 3.8) is 0 Å². The van der Waals surface area contributed by atoms with Crippen LogP contribution >= 0.6 is 11.6 Å². The lowest BCUT2D eigenvalue weighted by Crippen LogP contribution is -2.14. The second-order valence-corrected chi connectivity index (χ2v) is 6.01. The van der Waals surface area contributed by atoms with Crippen molar-refractivity contribution in [2.24, 2.45) is 0 Å². The van der Waals surface area contributed by atoms with E-state index in [2.05, 4.69) is 4.72 Å². The van der Waals surface area contributed by atoms with Crippen LogP contribution in [0.5, 0.6) is 0 Å². The summed E-state index contributed by atoms with van der Waals surface area (Å²) in [6.45, 7) is 0. The molecule has 0 aliphatic rings. The molecule has 94 valence electrons. The van der Waals surface area contributed by atoms with Crippen LogP contribution in [0.15, 0.2) is 54.6 Å². The summed E-state index contributed by atoms with van der Waals surface area (Å²) in [6.07, 6.45) is 0. The predicted molar refractivity (Wildman–Crippen MR) is 74.1 cm³/mol.